The SMILES string of the molecule is Cc1ccc(C(=O)N(c2sc(-c3ccccc3)cc2C(=O)O)C2CCC2)cc1. The number of aromatic carboxylic acids is 1. The molecule has 4 nitrogen and oxygen atoms in total. The first-order chi connectivity index (χ1) is 13.5. The van der Waals surface area contributed by atoms with Gasteiger partial charge in [-0.15, -0.1) is 11.3 Å². The molecule has 5 heteroatoms. The minimum atomic E-state index is -1.01. The summed E-state index contributed by atoms with van der Waals surface area (Å²) in [6, 6.07) is 18.9. The second-order valence-electron chi connectivity index (χ2n) is 7.13. The Morgan fingerprint density at radius 3 is 2.29 bits per heavy atom. The van der Waals surface area contributed by atoms with Gasteiger partial charge in [-0.2, -0.15) is 0 Å². The van der Waals surface area contributed by atoms with Crippen molar-refractivity contribution >= 4 is 28.2 Å². The Hall–Kier alpha value is -2.92. The van der Waals surface area contributed by atoms with Crippen LogP contribution in [0, 0.1) is 6.92 Å². The van der Waals surface area contributed by atoms with Crippen molar-refractivity contribution in [2.75, 3.05) is 4.90 Å². The largest absolute Gasteiger partial charge is 0.478 e. The number of carbonyl (C=O) groups is 2. The quantitative estimate of drug-likeness (QED) is 0.614. The topological polar surface area (TPSA) is 57.6 Å². The molecule has 1 aromatic heterocycles. The molecular weight excluding hydrogens is 370 g/mol. The fraction of sp³-hybridized carbons (Fsp3) is 0.217. The Bertz CT molecular complexity index is 1000. The van der Waals surface area contributed by atoms with E-state index in [1.807, 2.05) is 61.5 Å². The van der Waals surface area contributed by atoms with Crippen LogP contribution in [0.4, 0.5) is 5.00 Å². The van der Waals surface area contributed by atoms with Crippen molar-refractivity contribution < 1.29 is 14.7 Å². The summed E-state index contributed by atoms with van der Waals surface area (Å²) in [7, 11) is 0. The molecule has 0 aliphatic heterocycles. The van der Waals surface area contributed by atoms with Crippen LogP contribution >= 0.6 is 11.3 Å². The number of anilines is 1. The molecule has 28 heavy (non-hydrogen) atoms. The number of carboxylic acid groups (broad SMARTS) is 1. The van der Waals surface area contributed by atoms with Crippen LogP contribution in [0.5, 0.6) is 0 Å². The fourth-order valence-corrected chi connectivity index (χ4v) is 4.59. The van der Waals surface area contributed by atoms with Crippen LogP contribution in [0.2, 0.25) is 0 Å². The highest BCUT2D eigenvalue weighted by Gasteiger charge is 2.34. The lowest BCUT2D eigenvalue weighted by Gasteiger charge is -2.37. The van der Waals surface area contributed by atoms with E-state index < -0.39 is 5.97 Å². The fourth-order valence-electron chi connectivity index (χ4n) is 3.36. The van der Waals surface area contributed by atoms with E-state index in [2.05, 4.69) is 0 Å². The van der Waals surface area contributed by atoms with Crippen LogP contribution < -0.4 is 4.90 Å². The van der Waals surface area contributed by atoms with E-state index in [1.54, 1.807) is 11.0 Å². The molecule has 0 bridgehead atoms. The minimum absolute atomic E-state index is 0.0502. The lowest BCUT2D eigenvalue weighted by molar-refractivity contribution is 0.0698. The summed E-state index contributed by atoms with van der Waals surface area (Å²) in [6.07, 6.45) is 2.85. The molecule has 1 amide bonds. The number of amides is 1. The van der Waals surface area contributed by atoms with Gasteiger partial charge >= 0.3 is 5.97 Å². The van der Waals surface area contributed by atoms with Crippen LogP contribution in [0.15, 0.2) is 60.7 Å². The zero-order valence-electron chi connectivity index (χ0n) is 15.6. The summed E-state index contributed by atoms with van der Waals surface area (Å²) in [5.74, 6) is -1.14. The average Bonchev–Trinajstić information content (AvgIpc) is 3.10. The van der Waals surface area contributed by atoms with E-state index in [0.29, 0.717) is 10.6 Å². The van der Waals surface area contributed by atoms with Crippen molar-refractivity contribution in [3.63, 3.8) is 0 Å². The maximum atomic E-state index is 13.4. The number of thiophene rings is 1. The van der Waals surface area contributed by atoms with Crippen molar-refractivity contribution in [3.8, 4) is 10.4 Å². The molecule has 1 aliphatic rings. The predicted octanol–water partition coefficient (Wildman–Crippen LogP) is 5.62. The molecule has 1 saturated carbocycles. The summed E-state index contributed by atoms with van der Waals surface area (Å²) < 4.78 is 0. The molecule has 0 unspecified atom stereocenters. The Morgan fingerprint density at radius 2 is 1.71 bits per heavy atom. The molecule has 0 saturated heterocycles. The van der Waals surface area contributed by atoms with Crippen LogP contribution in [0.1, 0.15) is 45.5 Å². The highest BCUT2D eigenvalue weighted by molar-refractivity contribution is 7.20. The van der Waals surface area contributed by atoms with E-state index >= 15 is 0 Å². The highest BCUT2D eigenvalue weighted by atomic mass is 32.1. The maximum absolute atomic E-state index is 13.4. The van der Waals surface area contributed by atoms with Crippen molar-refractivity contribution in [1.29, 1.82) is 0 Å². The van der Waals surface area contributed by atoms with Gasteiger partial charge in [-0.25, -0.2) is 4.79 Å². The van der Waals surface area contributed by atoms with E-state index in [4.69, 9.17) is 0 Å². The first-order valence-electron chi connectivity index (χ1n) is 9.37. The summed E-state index contributed by atoms with van der Waals surface area (Å²) in [6.45, 7) is 1.98. The van der Waals surface area contributed by atoms with Gasteiger partial charge in [0.15, 0.2) is 0 Å². The third kappa shape index (κ3) is 3.45. The number of carbonyl (C=O) groups excluding carboxylic acids is 1. The highest BCUT2D eigenvalue weighted by Crippen LogP contribution is 2.42. The van der Waals surface area contributed by atoms with E-state index in [1.165, 1.54) is 11.3 Å². The minimum Gasteiger partial charge on any atom is -0.478 e. The molecule has 0 radical (unpaired) electrons. The van der Waals surface area contributed by atoms with E-state index in [-0.39, 0.29) is 17.5 Å². The van der Waals surface area contributed by atoms with Gasteiger partial charge in [0.05, 0.1) is 5.56 Å². The van der Waals surface area contributed by atoms with Gasteiger partial charge in [0, 0.05) is 16.5 Å². The van der Waals surface area contributed by atoms with E-state index in [0.717, 1.165) is 35.3 Å². The molecule has 1 heterocycles. The van der Waals surface area contributed by atoms with Gasteiger partial charge in [-0.1, -0.05) is 48.0 Å². The zero-order valence-corrected chi connectivity index (χ0v) is 16.4. The predicted molar refractivity (Wildman–Crippen MR) is 112 cm³/mol. The molecule has 1 N–H and O–H groups in total. The van der Waals surface area contributed by atoms with Crippen LogP contribution in [-0.4, -0.2) is 23.0 Å². The van der Waals surface area contributed by atoms with Gasteiger partial charge in [0.25, 0.3) is 5.91 Å². The van der Waals surface area contributed by atoms with E-state index in [9.17, 15) is 14.7 Å². The first kappa shape index (κ1) is 18.4. The average molecular weight is 391 g/mol. The number of rotatable bonds is 5. The molecule has 1 fully saturated rings. The third-order valence-electron chi connectivity index (χ3n) is 5.18. The molecule has 4 rings (SSSR count). The van der Waals surface area contributed by atoms with Crippen LogP contribution in [0.3, 0.4) is 0 Å². The van der Waals surface area contributed by atoms with Gasteiger partial charge in [-0.05, 0) is 49.9 Å². The van der Waals surface area contributed by atoms with Gasteiger partial charge in [0.2, 0.25) is 0 Å². The lowest BCUT2D eigenvalue weighted by Crippen LogP contribution is -2.44. The van der Waals surface area contributed by atoms with Crippen LogP contribution in [-0.2, 0) is 0 Å². The number of hydrogen-bond acceptors (Lipinski definition) is 3. The molecule has 1 aliphatic carbocycles. The lowest BCUT2D eigenvalue weighted by atomic mass is 9.91. The smallest absolute Gasteiger partial charge is 0.338 e. The summed E-state index contributed by atoms with van der Waals surface area (Å²) >= 11 is 1.38. The van der Waals surface area contributed by atoms with Gasteiger partial charge in [-0.3, -0.25) is 9.69 Å². The van der Waals surface area contributed by atoms with Gasteiger partial charge < -0.3 is 5.11 Å². The second kappa shape index (κ2) is 7.60. The first-order valence-corrected chi connectivity index (χ1v) is 10.2. The molecular formula is C23H21NO3S. The second-order valence-corrected chi connectivity index (χ2v) is 8.16. The van der Waals surface area contributed by atoms with Gasteiger partial charge in [0.1, 0.15) is 5.00 Å². The molecule has 3 aromatic rings. The zero-order chi connectivity index (χ0) is 19.7. The standard InChI is InChI=1S/C23H21NO3S/c1-15-10-12-17(13-11-15)21(25)24(18-8-5-9-18)22-19(23(26)27)14-20(28-22)16-6-3-2-4-7-16/h2-4,6-7,10-14,18H,5,8-9H2,1H3,(H,26,27). The molecule has 142 valence electrons. The van der Waals surface area contributed by atoms with Crippen molar-refractivity contribution in [1.82, 2.24) is 0 Å². The third-order valence-corrected chi connectivity index (χ3v) is 6.36. The molecule has 0 spiro atoms. The Kier molecular flexibility index (Phi) is 5.01. The number of aryl methyl sites for hydroxylation is 1. The number of carboxylic acids is 1. The summed E-state index contributed by atoms with van der Waals surface area (Å²) in [4.78, 5) is 27.9. The Labute approximate surface area is 168 Å². The van der Waals surface area contributed by atoms with Crippen LogP contribution in [0.25, 0.3) is 10.4 Å². The molecule has 2 aromatic carbocycles. The van der Waals surface area contributed by atoms with Crippen molar-refractivity contribution in [3.05, 3.63) is 77.4 Å². The summed E-state index contributed by atoms with van der Waals surface area (Å²) in [5, 5.41) is 10.3. The normalized spacial score (nSPS) is 13.8. The molecule has 0 atom stereocenters. The van der Waals surface area contributed by atoms with Crippen molar-refractivity contribution in [2.45, 2.75) is 32.2 Å². The monoisotopic (exact) mass is 391 g/mol. The Balaban J connectivity index is 1.80. The number of nitrogens with zero attached hydrogens (tertiary/aromatic N) is 1. The number of hydrogen-bond donors (Lipinski definition) is 1. The number of benzene rings is 2. The Morgan fingerprint density at radius 1 is 1.04 bits per heavy atom. The van der Waals surface area contributed by atoms with Crippen molar-refractivity contribution in [2.24, 2.45) is 0 Å². The maximum Gasteiger partial charge on any atom is 0.338 e. The summed E-state index contributed by atoms with van der Waals surface area (Å²) in [5.41, 5.74) is 2.82.